The van der Waals surface area contributed by atoms with Gasteiger partial charge in [0.1, 0.15) is 17.4 Å². The van der Waals surface area contributed by atoms with Crippen LogP contribution in [-0.4, -0.2) is 44.7 Å². The Morgan fingerprint density at radius 3 is 2.43 bits per heavy atom. The summed E-state index contributed by atoms with van der Waals surface area (Å²) >= 11 is 0. The van der Waals surface area contributed by atoms with Crippen molar-refractivity contribution in [3.8, 4) is 0 Å². The maximum Gasteiger partial charge on any atom is 0.326 e. The molecule has 1 amide bonds. The van der Waals surface area contributed by atoms with Crippen molar-refractivity contribution in [3.05, 3.63) is 27.4 Å². The molecule has 8 heteroatoms. The first-order valence-corrected chi connectivity index (χ1v) is 6.53. The van der Waals surface area contributed by atoms with Crippen LogP contribution in [0.25, 0.3) is 0 Å². The summed E-state index contributed by atoms with van der Waals surface area (Å²) < 4.78 is 0. The van der Waals surface area contributed by atoms with Gasteiger partial charge in [0.2, 0.25) is 0 Å². The van der Waals surface area contributed by atoms with Crippen molar-refractivity contribution in [1.29, 1.82) is 0 Å². The maximum atomic E-state index is 12.0. The number of rotatable bonds is 6. The van der Waals surface area contributed by atoms with E-state index >= 15 is 0 Å². The van der Waals surface area contributed by atoms with Gasteiger partial charge in [-0.15, -0.1) is 0 Å². The molecule has 1 atom stereocenters. The van der Waals surface area contributed by atoms with Gasteiger partial charge >= 0.3 is 5.97 Å². The fourth-order valence-electron chi connectivity index (χ4n) is 1.77. The third-order valence-corrected chi connectivity index (χ3v) is 2.91. The number of aliphatic carboxylic acids is 1. The number of hydrogen-bond acceptors (Lipinski definition) is 5. The highest BCUT2D eigenvalue weighted by atomic mass is 16.4. The van der Waals surface area contributed by atoms with Crippen LogP contribution in [-0.2, 0) is 4.79 Å². The number of carboxylic acid groups (broad SMARTS) is 1. The van der Waals surface area contributed by atoms with Crippen molar-refractivity contribution in [3.63, 3.8) is 0 Å². The molecule has 0 aliphatic rings. The summed E-state index contributed by atoms with van der Waals surface area (Å²) in [6, 6.07) is -1.26. The molecular weight excluding hydrogens is 278 g/mol. The van der Waals surface area contributed by atoms with E-state index in [1.807, 2.05) is 13.8 Å². The fraction of sp³-hybridized carbons (Fsp3) is 0.538. The smallest absolute Gasteiger partial charge is 0.326 e. The molecule has 0 saturated carbocycles. The Bertz CT molecular complexity index is 594. The van der Waals surface area contributed by atoms with Crippen LogP contribution in [0, 0.1) is 6.92 Å². The molecule has 0 saturated heterocycles. The number of aliphatic hydroxyl groups excluding tert-OH is 1. The summed E-state index contributed by atoms with van der Waals surface area (Å²) in [7, 11) is 0. The molecule has 116 valence electrons. The Labute approximate surface area is 121 Å². The Morgan fingerprint density at radius 2 is 2.00 bits per heavy atom. The van der Waals surface area contributed by atoms with Gasteiger partial charge in [0, 0.05) is 18.9 Å². The zero-order valence-electron chi connectivity index (χ0n) is 12.1. The molecular formula is C13H19N3O5. The van der Waals surface area contributed by atoms with Crippen LogP contribution in [0.1, 0.15) is 48.1 Å². The van der Waals surface area contributed by atoms with Crippen LogP contribution in [0.15, 0.2) is 4.79 Å². The van der Waals surface area contributed by atoms with Gasteiger partial charge in [0.25, 0.3) is 11.5 Å². The number of H-pyrrole nitrogens is 1. The lowest BCUT2D eigenvalue weighted by atomic mass is 10.1. The predicted octanol–water partition coefficient (Wildman–Crippen LogP) is -0.233. The third kappa shape index (κ3) is 4.12. The molecule has 0 aromatic carbocycles. The van der Waals surface area contributed by atoms with Crippen molar-refractivity contribution < 1.29 is 19.8 Å². The topological polar surface area (TPSA) is 132 Å². The van der Waals surface area contributed by atoms with Crippen molar-refractivity contribution >= 4 is 11.9 Å². The lowest BCUT2D eigenvalue weighted by Crippen LogP contribution is -2.43. The molecule has 0 spiro atoms. The van der Waals surface area contributed by atoms with E-state index in [2.05, 4.69) is 15.3 Å². The van der Waals surface area contributed by atoms with Crippen LogP contribution in [0.5, 0.6) is 0 Å². The van der Waals surface area contributed by atoms with E-state index in [-0.39, 0.29) is 23.6 Å². The highest BCUT2D eigenvalue weighted by Crippen LogP contribution is 2.09. The molecule has 4 N–H and O–H groups in total. The van der Waals surface area contributed by atoms with Crippen LogP contribution in [0.4, 0.5) is 0 Å². The molecule has 1 aromatic rings. The van der Waals surface area contributed by atoms with Crippen molar-refractivity contribution in [1.82, 2.24) is 15.3 Å². The first-order chi connectivity index (χ1) is 9.77. The van der Waals surface area contributed by atoms with Crippen LogP contribution >= 0.6 is 0 Å². The SMILES string of the molecule is Cc1nc(C(C)C)[nH]c(=O)c1C(=O)N[C@@H](CCO)C(=O)O. The van der Waals surface area contributed by atoms with E-state index in [1.165, 1.54) is 6.92 Å². The number of aryl methyl sites for hydroxylation is 1. The molecule has 0 radical (unpaired) electrons. The molecule has 1 heterocycles. The number of carbonyl (C=O) groups is 2. The quantitative estimate of drug-likeness (QED) is 0.573. The molecule has 0 aliphatic heterocycles. The third-order valence-electron chi connectivity index (χ3n) is 2.91. The summed E-state index contributed by atoms with van der Waals surface area (Å²) in [5, 5.41) is 19.9. The maximum absolute atomic E-state index is 12.0. The van der Waals surface area contributed by atoms with Gasteiger partial charge in [0.15, 0.2) is 0 Å². The Kier molecular flexibility index (Phi) is 5.60. The van der Waals surface area contributed by atoms with Gasteiger partial charge in [-0.25, -0.2) is 9.78 Å². The lowest BCUT2D eigenvalue weighted by Gasteiger charge is -2.14. The number of carboxylic acids is 1. The van der Waals surface area contributed by atoms with Gasteiger partial charge in [-0.2, -0.15) is 0 Å². The minimum atomic E-state index is -1.28. The minimum Gasteiger partial charge on any atom is -0.480 e. The monoisotopic (exact) mass is 297 g/mol. The van der Waals surface area contributed by atoms with Gasteiger partial charge < -0.3 is 20.5 Å². The van der Waals surface area contributed by atoms with Crippen LogP contribution in [0.2, 0.25) is 0 Å². The standard InChI is InChI=1S/C13H19N3O5/c1-6(2)10-14-7(3)9(12(19)16-10)11(18)15-8(4-5-17)13(20)21/h6,8,17H,4-5H2,1-3H3,(H,15,18)(H,20,21)(H,14,16,19)/t8-/m0/s1. The molecule has 0 fully saturated rings. The van der Waals surface area contributed by atoms with E-state index < -0.39 is 30.1 Å². The second-order valence-corrected chi connectivity index (χ2v) is 4.94. The van der Waals surface area contributed by atoms with Crippen molar-refractivity contribution in [2.45, 2.75) is 39.2 Å². The van der Waals surface area contributed by atoms with E-state index in [9.17, 15) is 14.4 Å². The summed E-state index contributed by atoms with van der Waals surface area (Å²) in [5.74, 6) is -1.65. The summed E-state index contributed by atoms with van der Waals surface area (Å²) in [5.41, 5.74) is -0.603. The number of aromatic amines is 1. The van der Waals surface area contributed by atoms with Gasteiger partial charge in [-0.3, -0.25) is 9.59 Å². The average Bonchev–Trinajstić information content (AvgIpc) is 2.36. The molecule has 1 aromatic heterocycles. The number of nitrogens with zero attached hydrogens (tertiary/aromatic N) is 1. The largest absolute Gasteiger partial charge is 0.480 e. The lowest BCUT2D eigenvalue weighted by molar-refractivity contribution is -0.139. The van der Waals surface area contributed by atoms with Gasteiger partial charge in [-0.05, 0) is 6.92 Å². The Hall–Kier alpha value is -2.22. The zero-order chi connectivity index (χ0) is 16.2. The normalized spacial score (nSPS) is 12.2. The number of carbonyl (C=O) groups excluding carboxylic acids is 1. The summed E-state index contributed by atoms with van der Waals surface area (Å²) in [4.78, 5) is 41.6. The molecule has 0 bridgehead atoms. The number of hydrogen-bond donors (Lipinski definition) is 4. The molecule has 1 rings (SSSR count). The van der Waals surface area contributed by atoms with E-state index in [0.717, 1.165) is 0 Å². The summed E-state index contributed by atoms with van der Waals surface area (Å²) in [6.07, 6.45) is -0.143. The van der Waals surface area contributed by atoms with Crippen molar-refractivity contribution in [2.24, 2.45) is 0 Å². The Morgan fingerprint density at radius 1 is 1.38 bits per heavy atom. The van der Waals surface area contributed by atoms with E-state index in [4.69, 9.17) is 10.2 Å². The first-order valence-electron chi connectivity index (χ1n) is 6.53. The highest BCUT2D eigenvalue weighted by Gasteiger charge is 2.23. The number of nitrogens with one attached hydrogen (secondary N) is 2. The first kappa shape index (κ1) is 16.8. The molecule has 0 unspecified atom stereocenters. The van der Waals surface area contributed by atoms with E-state index in [1.54, 1.807) is 0 Å². The number of aliphatic hydroxyl groups is 1. The second-order valence-electron chi connectivity index (χ2n) is 4.94. The Balaban J connectivity index is 3.08. The summed E-state index contributed by atoms with van der Waals surface area (Å²) in [6.45, 7) is 4.81. The number of amides is 1. The average molecular weight is 297 g/mol. The molecule has 8 nitrogen and oxygen atoms in total. The fourth-order valence-corrected chi connectivity index (χ4v) is 1.77. The number of aromatic nitrogens is 2. The van der Waals surface area contributed by atoms with Gasteiger partial charge in [-0.1, -0.05) is 13.8 Å². The zero-order valence-corrected chi connectivity index (χ0v) is 12.1. The van der Waals surface area contributed by atoms with Gasteiger partial charge in [0.05, 0.1) is 5.69 Å². The predicted molar refractivity (Wildman–Crippen MR) is 74.3 cm³/mol. The van der Waals surface area contributed by atoms with Crippen LogP contribution < -0.4 is 10.9 Å². The second kappa shape index (κ2) is 6.98. The van der Waals surface area contributed by atoms with Crippen molar-refractivity contribution in [2.75, 3.05) is 6.61 Å². The molecule has 0 aliphatic carbocycles. The van der Waals surface area contributed by atoms with Crippen LogP contribution in [0.3, 0.4) is 0 Å². The highest BCUT2D eigenvalue weighted by molar-refractivity contribution is 5.97. The minimum absolute atomic E-state index is 0.00494. The molecule has 21 heavy (non-hydrogen) atoms. The van der Waals surface area contributed by atoms with E-state index in [0.29, 0.717) is 5.82 Å².